The fourth-order valence-corrected chi connectivity index (χ4v) is 2.96. The van der Waals surface area contributed by atoms with E-state index in [1.54, 1.807) is 0 Å². The zero-order valence-corrected chi connectivity index (χ0v) is 12.8. The van der Waals surface area contributed by atoms with Crippen LogP contribution in [0.3, 0.4) is 0 Å². The van der Waals surface area contributed by atoms with Gasteiger partial charge in [-0.25, -0.2) is 0 Å². The Morgan fingerprint density at radius 1 is 1.10 bits per heavy atom. The Kier molecular flexibility index (Phi) is 3.73. The maximum Gasteiger partial charge on any atom is 0.237 e. The zero-order chi connectivity index (χ0) is 14.9. The molecule has 0 saturated heterocycles. The molecule has 0 unspecified atom stereocenters. The summed E-state index contributed by atoms with van der Waals surface area (Å²) in [6.07, 6.45) is 1.83. The summed E-state index contributed by atoms with van der Waals surface area (Å²) in [5.74, 6) is 0.193. The molecule has 1 amide bonds. The van der Waals surface area contributed by atoms with Crippen LogP contribution in [0.5, 0.6) is 0 Å². The molecule has 2 aromatic carbocycles. The van der Waals surface area contributed by atoms with Gasteiger partial charge in [-0.1, -0.05) is 41.9 Å². The van der Waals surface area contributed by atoms with Gasteiger partial charge in [-0.2, -0.15) is 0 Å². The Balaban J connectivity index is 1.91. The highest BCUT2D eigenvalue weighted by molar-refractivity contribution is 6.30. The van der Waals surface area contributed by atoms with Crippen LogP contribution in [0.2, 0.25) is 5.02 Å². The van der Waals surface area contributed by atoms with Crippen LogP contribution in [-0.4, -0.2) is 12.5 Å². The van der Waals surface area contributed by atoms with Gasteiger partial charge in [0, 0.05) is 17.3 Å². The number of anilines is 1. The molecule has 0 radical (unpaired) electrons. The first-order valence-corrected chi connectivity index (χ1v) is 7.68. The average Bonchev–Trinajstić information content (AvgIpc) is 3.31. The van der Waals surface area contributed by atoms with Gasteiger partial charge in [0.15, 0.2) is 0 Å². The first-order chi connectivity index (χ1) is 10.2. The minimum Gasteiger partial charge on any atom is -0.312 e. The predicted molar refractivity (Wildman–Crippen MR) is 86.8 cm³/mol. The summed E-state index contributed by atoms with van der Waals surface area (Å²) in [5.41, 5.74) is 1.69. The minimum absolute atomic E-state index is 0.193. The molecule has 2 nitrogen and oxygen atoms in total. The van der Waals surface area contributed by atoms with Crippen LogP contribution < -0.4 is 4.90 Å². The van der Waals surface area contributed by atoms with Crippen molar-refractivity contribution in [3.05, 3.63) is 65.2 Å². The Bertz CT molecular complexity index is 632. The number of carbonyl (C=O) groups excluding carboxylic acids is 1. The quantitative estimate of drug-likeness (QED) is 0.818. The van der Waals surface area contributed by atoms with Crippen molar-refractivity contribution in [2.45, 2.75) is 25.2 Å². The topological polar surface area (TPSA) is 20.3 Å². The molecular weight excluding hydrogens is 282 g/mol. The molecule has 21 heavy (non-hydrogen) atoms. The highest BCUT2D eigenvalue weighted by Gasteiger charge is 2.52. The van der Waals surface area contributed by atoms with Crippen LogP contribution in [0.15, 0.2) is 54.6 Å². The lowest BCUT2D eigenvalue weighted by molar-refractivity contribution is -0.121. The van der Waals surface area contributed by atoms with Crippen LogP contribution in [0, 0.1) is 0 Å². The summed E-state index contributed by atoms with van der Waals surface area (Å²) in [7, 11) is 0. The van der Waals surface area contributed by atoms with Crippen LogP contribution in [-0.2, 0) is 10.2 Å². The van der Waals surface area contributed by atoms with E-state index in [0.29, 0.717) is 11.6 Å². The van der Waals surface area contributed by atoms with Gasteiger partial charge in [-0.15, -0.1) is 0 Å². The molecule has 3 heteroatoms. The summed E-state index contributed by atoms with van der Waals surface area (Å²) >= 11 is 5.95. The second kappa shape index (κ2) is 5.53. The number of likely N-dealkylation sites (N-methyl/N-ethyl adjacent to an activating group) is 1. The van der Waals surface area contributed by atoms with E-state index in [2.05, 4.69) is 0 Å². The SMILES string of the molecule is CCN(C(=O)C1(c2ccc(Cl)cc2)CC1)c1ccccc1. The second-order valence-corrected chi connectivity index (χ2v) is 5.91. The largest absolute Gasteiger partial charge is 0.312 e. The molecule has 0 atom stereocenters. The van der Waals surface area contributed by atoms with E-state index < -0.39 is 0 Å². The molecule has 3 rings (SSSR count). The van der Waals surface area contributed by atoms with Gasteiger partial charge >= 0.3 is 0 Å². The normalized spacial score (nSPS) is 15.5. The van der Waals surface area contributed by atoms with Gasteiger partial charge in [-0.05, 0) is 49.6 Å². The molecule has 1 aliphatic carbocycles. The van der Waals surface area contributed by atoms with Crippen molar-refractivity contribution in [1.82, 2.24) is 0 Å². The molecule has 0 aliphatic heterocycles. The number of para-hydroxylation sites is 1. The van der Waals surface area contributed by atoms with Crippen LogP contribution in [0.4, 0.5) is 5.69 Å². The molecule has 2 aromatic rings. The zero-order valence-electron chi connectivity index (χ0n) is 12.1. The molecule has 108 valence electrons. The smallest absolute Gasteiger partial charge is 0.237 e. The van der Waals surface area contributed by atoms with Crippen molar-refractivity contribution in [2.24, 2.45) is 0 Å². The number of hydrogen-bond acceptors (Lipinski definition) is 1. The lowest BCUT2D eigenvalue weighted by Crippen LogP contribution is -2.39. The van der Waals surface area contributed by atoms with Crippen molar-refractivity contribution in [3.8, 4) is 0 Å². The second-order valence-electron chi connectivity index (χ2n) is 5.47. The first-order valence-electron chi connectivity index (χ1n) is 7.30. The standard InChI is InChI=1S/C18H18ClNO/c1-2-20(16-6-4-3-5-7-16)17(21)18(12-13-18)14-8-10-15(19)11-9-14/h3-11H,2,12-13H2,1H3. The van der Waals surface area contributed by atoms with Gasteiger partial charge in [0.2, 0.25) is 5.91 Å². The number of benzene rings is 2. The Morgan fingerprint density at radius 3 is 2.24 bits per heavy atom. The summed E-state index contributed by atoms with van der Waals surface area (Å²) in [6.45, 7) is 2.70. The summed E-state index contributed by atoms with van der Waals surface area (Å²) in [4.78, 5) is 14.9. The van der Waals surface area contributed by atoms with Gasteiger partial charge in [0.25, 0.3) is 0 Å². The van der Waals surface area contributed by atoms with E-state index in [-0.39, 0.29) is 11.3 Å². The van der Waals surface area contributed by atoms with E-state index in [1.165, 1.54) is 0 Å². The fraction of sp³-hybridized carbons (Fsp3) is 0.278. The highest BCUT2D eigenvalue weighted by Crippen LogP contribution is 2.50. The van der Waals surface area contributed by atoms with Crippen molar-refractivity contribution in [2.75, 3.05) is 11.4 Å². The van der Waals surface area contributed by atoms with E-state index >= 15 is 0 Å². The molecule has 1 fully saturated rings. The molecule has 1 aliphatic rings. The molecule has 0 heterocycles. The summed E-state index contributed by atoms with van der Waals surface area (Å²) in [6, 6.07) is 17.6. The number of nitrogens with zero attached hydrogens (tertiary/aromatic N) is 1. The van der Waals surface area contributed by atoms with Crippen LogP contribution in [0.1, 0.15) is 25.3 Å². The van der Waals surface area contributed by atoms with Crippen molar-refractivity contribution < 1.29 is 4.79 Å². The monoisotopic (exact) mass is 299 g/mol. The highest BCUT2D eigenvalue weighted by atomic mass is 35.5. The van der Waals surface area contributed by atoms with Crippen LogP contribution >= 0.6 is 11.6 Å². The predicted octanol–water partition coefficient (Wildman–Crippen LogP) is 4.42. The maximum atomic E-state index is 13.0. The van der Waals surface area contributed by atoms with E-state index in [1.807, 2.05) is 66.4 Å². The van der Waals surface area contributed by atoms with E-state index in [4.69, 9.17) is 11.6 Å². The van der Waals surface area contributed by atoms with Gasteiger partial charge < -0.3 is 4.90 Å². The first kappa shape index (κ1) is 14.2. The Labute approximate surface area is 130 Å². The summed E-state index contributed by atoms with van der Waals surface area (Å²) < 4.78 is 0. The lowest BCUT2D eigenvalue weighted by atomic mass is 9.94. The van der Waals surface area contributed by atoms with Crippen LogP contribution in [0.25, 0.3) is 0 Å². The maximum absolute atomic E-state index is 13.0. The molecule has 0 aromatic heterocycles. The van der Waals surface area contributed by atoms with Gasteiger partial charge in [0.05, 0.1) is 5.41 Å². The third-order valence-corrected chi connectivity index (χ3v) is 4.44. The van der Waals surface area contributed by atoms with Crippen molar-refractivity contribution in [3.63, 3.8) is 0 Å². The van der Waals surface area contributed by atoms with Crippen molar-refractivity contribution in [1.29, 1.82) is 0 Å². The Morgan fingerprint density at radius 2 is 1.71 bits per heavy atom. The number of halogens is 1. The van der Waals surface area contributed by atoms with E-state index in [0.717, 1.165) is 24.1 Å². The van der Waals surface area contributed by atoms with Gasteiger partial charge in [0.1, 0.15) is 0 Å². The Hall–Kier alpha value is -1.80. The molecule has 0 spiro atoms. The third kappa shape index (κ3) is 2.56. The number of carbonyl (C=O) groups is 1. The molecule has 1 saturated carbocycles. The summed E-state index contributed by atoms with van der Waals surface area (Å²) in [5, 5.41) is 0.706. The molecule has 0 bridgehead atoms. The number of rotatable bonds is 4. The number of amides is 1. The van der Waals surface area contributed by atoms with E-state index in [9.17, 15) is 4.79 Å². The fourth-order valence-electron chi connectivity index (χ4n) is 2.83. The van der Waals surface area contributed by atoms with Gasteiger partial charge in [-0.3, -0.25) is 4.79 Å². The van der Waals surface area contributed by atoms with Crippen molar-refractivity contribution >= 4 is 23.2 Å². The minimum atomic E-state index is -0.351. The molecule has 0 N–H and O–H groups in total. The lowest BCUT2D eigenvalue weighted by Gasteiger charge is -2.26. The third-order valence-electron chi connectivity index (χ3n) is 4.19. The number of hydrogen-bond donors (Lipinski definition) is 0. The molecular formula is C18H18ClNO. The average molecular weight is 300 g/mol.